The fourth-order valence-electron chi connectivity index (χ4n) is 4.63. The van der Waals surface area contributed by atoms with Gasteiger partial charge in [0, 0.05) is 31.2 Å². The van der Waals surface area contributed by atoms with E-state index in [-0.39, 0.29) is 5.91 Å². The summed E-state index contributed by atoms with van der Waals surface area (Å²) in [7, 11) is 0. The maximum absolute atomic E-state index is 13.2. The number of amides is 1. The van der Waals surface area contributed by atoms with Gasteiger partial charge in [-0.15, -0.1) is 0 Å². The average Bonchev–Trinajstić information content (AvgIpc) is 2.88. The van der Waals surface area contributed by atoms with Gasteiger partial charge in [0.1, 0.15) is 0 Å². The Bertz CT molecular complexity index is 1240. The average molecular weight is 422 g/mol. The summed E-state index contributed by atoms with van der Waals surface area (Å²) in [6, 6.07) is 27.0. The summed E-state index contributed by atoms with van der Waals surface area (Å²) in [5.74, 6) is 0.549. The summed E-state index contributed by atoms with van der Waals surface area (Å²) < 4.78 is 0. The van der Waals surface area contributed by atoms with Gasteiger partial charge in [0.2, 0.25) is 0 Å². The van der Waals surface area contributed by atoms with E-state index in [1.54, 1.807) is 6.20 Å². The number of carbonyl (C=O) groups is 1. The molecule has 0 bridgehead atoms. The minimum atomic E-state index is 0.0682. The van der Waals surface area contributed by atoms with Gasteiger partial charge < -0.3 is 10.6 Å². The molecule has 0 saturated carbocycles. The van der Waals surface area contributed by atoms with Crippen molar-refractivity contribution in [2.24, 2.45) is 5.73 Å². The zero-order valence-electron chi connectivity index (χ0n) is 18.1. The largest absolute Gasteiger partial charge is 0.339 e. The van der Waals surface area contributed by atoms with Crippen LogP contribution in [0.15, 0.2) is 85.1 Å². The van der Waals surface area contributed by atoms with Crippen LogP contribution in [-0.2, 0) is 6.54 Å². The van der Waals surface area contributed by atoms with Gasteiger partial charge >= 0.3 is 0 Å². The highest BCUT2D eigenvalue weighted by atomic mass is 16.2. The number of benzene rings is 3. The van der Waals surface area contributed by atoms with E-state index in [4.69, 9.17) is 5.73 Å². The Morgan fingerprint density at radius 2 is 1.72 bits per heavy atom. The van der Waals surface area contributed by atoms with Crippen LogP contribution in [0.4, 0.5) is 0 Å². The molecule has 0 aliphatic carbocycles. The molecule has 2 N–H and O–H groups in total. The zero-order chi connectivity index (χ0) is 21.9. The summed E-state index contributed by atoms with van der Waals surface area (Å²) in [5.41, 5.74) is 12.1. The maximum Gasteiger partial charge on any atom is 0.255 e. The fraction of sp³-hybridized carbons (Fsp3) is 0.214. The van der Waals surface area contributed by atoms with Gasteiger partial charge in [-0.25, -0.2) is 0 Å². The molecule has 0 atom stereocenters. The first-order chi connectivity index (χ1) is 15.7. The molecule has 160 valence electrons. The van der Waals surface area contributed by atoms with Crippen molar-refractivity contribution in [3.63, 3.8) is 0 Å². The zero-order valence-corrected chi connectivity index (χ0v) is 18.1. The Labute approximate surface area is 188 Å². The number of aromatic nitrogens is 1. The van der Waals surface area contributed by atoms with Crippen LogP contribution >= 0.6 is 0 Å². The molecule has 0 radical (unpaired) electrons. The smallest absolute Gasteiger partial charge is 0.255 e. The molecule has 1 fully saturated rings. The molecule has 4 heteroatoms. The van der Waals surface area contributed by atoms with Crippen LogP contribution in [0.1, 0.15) is 40.2 Å². The van der Waals surface area contributed by atoms with Gasteiger partial charge in [0.25, 0.3) is 5.91 Å². The number of pyridine rings is 1. The molecule has 4 nitrogen and oxygen atoms in total. The molecule has 1 aliphatic heterocycles. The molecule has 4 aromatic rings. The second-order valence-corrected chi connectivity index (χ2v) is 8.51. The van der Waals surface area contributed by atoms with Crippen molar-refractivity contribution in [1.29, 1.82) is 0 Å². The third kappa shape index (κ3) is 4.14. The van der Waals surface area contributed by atoms with Crippen LogP contribution in [0, 0.1) is 0 Å². The van der Waals surface area contributed by atoms with E-state index in [1.807, 2.05) is 35.2 Å². The van der Waals surface area contributed by atoms with Crippen LogP contribution < -0.4 is 5.73 Å². The Hall–Kier alpha value is -3.50. The number of fused-ring (bicyclic) bond motifs is 1. The van der Waals surface area contributed by atoms with Gasteiger partial charge in [-0.1, -0.05) is 60.7 Å². The number of hydrogen-bond donors (Lipinski definition) is 1. The van der Waals surface area contributed by atoms with Crippen molar-refractivity contribution in [3.8, 4) is 11.1 Å². The first kappa shape index (κ1) is 20.4. The quantitative estimate of drug-likeness (QED) is 0.481. The van der Waals surface area contributed by atoms with Gasteiger partial charge in [0.05, 0.1) is 11.1 Å². The third-order valence-electron chi connectivity index (χ3n) is 6.48. The van der Waals surface area contributed by atoms with Crippen LogP contribution in [0.25, 0.3) is 22.0 Å². The van der Waals surface area contributed by atoms with Crippen molar-refractivity contribution in [3.05, 3.63) is 102 Å². The third-order valence-corrected chi connectivity index (χ3v) is 6.48. The lowest BCUT2D eigenvalue weighted by Gasteiger charge is -2.32. The monoisotopic (exact) mass is 421 g/mol. The van der Waals surface area contributed by atoms with Crippen molar-refractivity contribution in [2.45, 2.75) is 25.3 Å². The lowest BCUT2D eigenvalue weighted by Crippen LogP contribution is -2.38. The lowest BCUT2D eigenvalue weighted by atomic mass is 9.88. The molecule has 32 heavy (non-hydrogen) atoms. The number of nitrogens with two attached hydrogens (primary N) is 1. The van der Waals surface area contributed by atoms with E-state index >= 15 is 0 Å². The SMILES string of the molecule is NCc1cccc(C2CCN(C(=O)c3cnc4ccc(-c5ccccc5)cc4c3)CC2)c1. The number of piperidine rings is 1. The Kier molecular flexibility index (Phi) is 5.70. The lowest BCUT2D eigenvalue weighted by molar-refractivity contribution is 0.0712. The number of likely N-dealkylation sites (tertiary alicyclic amines) is 1. The van der Waals surface area contributed by atoms with Gasteiger partial charge in [-0.2, -0.15) is 0 Å². The minimum absolute atomic E-state index is 0.0682. The predicted molar refractivity (Wildman–Crippen MR) is 129 cm³/mol. The number of hydrogen-bond acceptors (Lipinski definition) is 3. The molecular weight excluding hydrogens is 394 g/mol. The first-order valence-corrected chi connectivity index (χ1v) is 11.2. The molecule has 0 spiro atoms. The number of nitrogens with zero attached hydrogens (tertiary/aromatic N) is 2. The summed E-state index contributed by atoms with van der Waals surface area (Å²) in [6.45, 7) is 2.09. The second-order valence-electron chi connectivity index (χ2n) is 8.51. The molecule has 0 unspecified atom stereocenters. The van der Waals surface area contributed by atoms with Gasteiger partial charge in [-0.05, 0) is 59.2 Å². The van der Waals surface area contributed by atoms with E-state index in [0.717, 1.165) is 53.5 Å². The van der Waals surface area contributed by atoms with E-state index in [0.29, 0.717) is 18.0 Å². The molecule has 1 aromatic heterocycles. The highest BCUT2D eigenvalue weighted by Gasteiger charge is 2.25. The number of carbonyl (C=O) groups excluding carboxylic acids is 1. The van der Waals surface area contributed by atoms with Crippen molar-refractivity contribution < 1.29 is 4.79 Å². The molecule has 5 rings (SSSR count). The summed E-state index contributed by atoms with van der Waals surface area (Å²) in [4.78, 5) is 19.7. The Morgan fingerprint density at radius 1 is 0.906 bits per heavy atom. The molecule has 2 heterocycles. The fourth-order valence-corrected chi connectivity index (χ4v) is 4.63. The van der Waals surface area contributed by atoms with Gasteiger partial charge in [0.15, 0.2) is 0 Å². The topological polar surface area (TPSA) is 59.2 Å². The van der Waals surface area contributed by atoms with E-state index in [2.05, 4.69) is 53.5 Å². The predicted octanol–water partition coefficient (Wildman–Crippen LogP) is 5.38. The Balaban J connectivity index is 1.32. The van der Waals surface area contributed by atoms with Crippen molar-refractivity contribution >= 4 is 16.8 Å². The maximum atomic E-state index is 13.2. The minimum Gasteiger partial charge on any atom is -0.339 e. The standard InChI is InChI=1S/C28H27N3O/c29-18-20-5-4-8-23(15-20)22-11-13-31(14-12-22)28(32)26-17-25-16-24(9-10-27(25)30-19-26)21-6-2-1-3-7-21/h1-10,15-17,19,22H,11-14,18,29H2. The van der Waals surface area contributed by atoms with Crippen LogP contribution in [0.5, 0.6) is 0 Å². The summed E-state index contributed by atoms with van der Waals surface area (Å²) >= 11 is 0. The van der Waals surface area contributed by atoms with Crippen molar-refractivity contribution in [2.75, 3.05) is 13.1 Å². The molecule has 3 aromatic carbocycles. The van der Waals surface area contributed by atoms with Gasteiger partial charge in [-0.3, -0.25) is 9.78 Å². The molecular formula is C28H27N3O. The van der Waals surface area contributed by atoms with E-state index < -0.39 is 0 Å². The summed E-state index contributed by atoms with van der Waals surface area (Å²) in [5, 5.41) is 0.991. The van der Waals surface area contributed by atoms with Crippen molar-refractivity contribution in [1.82, 2.24) is 9.88 Å². The van der Waals surface area contributed by atoms with E-state index in [9.17, 15) is 4.79 Å². The first-order valence-electron chi connectivity index (χ1n) is 11.2. The second kappa shape index (κ2) is 8.93. The van der Waals surface area contributed by atoms with E-state index in [1.165, 1.54) is 5.56 Å². The highest BCUT2D eigenvalue weighted by molar-refractivity contribution is 5.98. The molecule has 1 saturated heterocycles. The normalized spacial score (nSPS) is 14.6. The summed E-state index contributed by atoms with van der Waals surface area (Å²) in [6.07, 6.45) is 3.65. The van der Waals surface area contributed by atoms with Crippen LogP contribution in [0.2, 0.25) is 0 Å². The van der Waals surface area contributed by atoms with Crippen LogP contribution in [-0.4, -0.2) is 28.9 Å². The Morgan fingerprint density at radius 3 is 2.50 bits per heavy atom. The highest BCUT2D eigenvalue weighted by Crippen LogP contribution is 2.30. The number of rotatable bonds is 4. The molecule has 1 amide bonds. The molecule has 1 aliphatic rings. The van der Waals surface area contributed by atoms with Crippen LogP contribution in [0.3, 0.4) is 0 Å².